The third-order valence-electron chi connectivity index (χ3n) is 2.13. The monoisotopic (exact) mass is 229 g/mol. The Morgan fingerprint density at radius 2 is 1.79 bits per heavy atom. The lowest BCUT2D eigenvalue weighted by atomic mass is 9.99. The number of hydrogen-bond acceptors (Lipinski definition) is 6. The smallest absolute Gasteiger partial charge is 0.186 e. The highest BCUT2D eigenvalue weighted by Crippen LogP contribution is 2.20. The summed E-state index contributed by atoms with van der Waals surface area (Å²) in [6.45, 7) is 0.0603. The van der Waals surface area contributed by atoms with Gasteiger partial charge in [0.05, 0.1) is 0 Å². The van der Waals surface area contributed by atoms with Gasteiger partial charge in [-0.25, -0.2) is 0 Å². The Morgan fingerprint density at radius 1 is 1.21 bits per heavy atom. The summed E-state index contributed by atoms with van der Waals surface area (Å²) in [5.74, 6) is 0. The molecular formula is C7H16ClNO5. The van der Waals surface area contributed by atoms with Gasteiger partial charge in [0.25, 0.3) is 0 Å². The number of aliphatic hydroxyl groups is 3. The first-order valence-corrected chi connectivity index (χ1v) is 4.04. The second kappa shape index (κ2) is 5.82. The fourth-order valence-electron chi connectivity index (χ4n) is 1.31. The third-order valence-corrected chi connectivity index (χ3v) is 2.13. The van der Waals surface area contributed by atoms with E-state index in [-0.39, 0.29) is 19.0 Å². The number of halogens is 1. The molecular weight excluding hydrogens is 214 g/mol. The van der Waals surface area contributed by atoms with Crippen molar-refractivity contribution in [2.45, 2.75) is 30.7 Å². The molecule has 6 nitrogen and oxygen atoms in total. The van der Waals surface area contributed by atoms with Gasteiger partial charge in [-0.3, -0.25) is 0 Å². The Balaban J connectivity index is 0.00000169. The van der Waals surface area contributed by atoms with E-state index in [1.165, 1.54) is 7.11 Å². The SMILES string of the molecule is CO[C@H]1O[C@H](CN)[C@H](O)[C@H](O)[C@H]1O.Cl. The van der Waals surface area contributed by atoms with Crippen molar-refractivity contribution < 1.29 is 24.8 Å². The average Bonchev–Trinajstić information content (AvgIpc) is 2.15. The summed E-state index contributed by atoms with van der Waals surface area (Å²) in [6.07, 6.45) is -5.35. The lowest BCUT2D eigenvalue weighted by molar-refractivity contribution is -0.287. The minimum Gasteiger partial charge on any atom is -0.388 e. The number of nitrogens with two attached hydrogens (primary N) is 1. The average molecular weight is 230 g/mol. The van der Waals surface area contributed by atoms with E-state index in [1.807, 2.05) is 0 Å². The zero-order chi connectivity index (χ0) is 10.0. The quantitative estimate of drug-likeness (QED) is 0.429. The molecule has 1 aliphatic heterocycles. The highest BCUT2D eigenvalue weighted by molar-refractivity contribution is 5.85. The standard InChI is InChI=1S/C7H15NO5.ClH/c1-12-7-6(11)5(10)4(9)3(2-8)13-7;/h3-7,9-11H,2,8H2,1H3;1H/t3-,4+,5+,6-,7+;/m1./s1. The van der Waals surface area contributed by atoms with E-state index < -0.39 is 30.7 Å². The number of rotatable bonds is 2. The molecule has 5 N–H and O–H groups in total. The van der Waals surface area contributed by atoms with Gasteiger partial charge in [-0.1, -0.05) is 0 Å². The molecule has 5 atom stereocenters. The maximum absolute atomic E-state index is 9.35. The van der Waals surface area contributed by atoms with Crippen LogP contribution in [0.5, 0.6) is 0 Å². The van der Waals surface area contributed by atoms with Gasteiger partial charge in [0.2, 0.25) is 0 Å². The van der Waals surface area contributed by atoms with Crippen molar-refractivity contribution in [2.24, 2.45) is 5.73 Å². The number of methoxy groups -OCH3 is 1. The summed E-state index contributed by atoms with van der Waals surface area (Å²) in [5, 5.41) is 28.0. The van der Waals surface area contributed by atoms with Crippen LogP contribution in [0.3, 0.4) is 0 Å². The van der Waals surface area contributed by atoms with E-state index in [2.05, 4.69) is 0 Å². The van der Waals surface area contributed by atoms with Gasteiger partial charge in [0, 0.05) is 13.7 Å². The number of ether oxygens (including phenoxy) is 2. The van der Waals surface area contributed by atoms with Gasteiger partial charge in [0.1, 0.15) is 24.4 Å². The van der Waals surface area contributed by atoms with Crippen LogP contribution in [0.4, 0.5) is 0 Å². The van der Waals surface area contributed by atoms with Crippen LogP contribution in [-0.2, 0) is 9.47 Å². The first kappa shape index (κ1) is 14.1. The molecule has 0 saturated carbocycles. The van der Waals surface area contributed by atoms with Crippen molar-refractivity contribution >= 4 is 12.4 Å². The van der Waals surface area contributed by atoms with Crippen LogP contribution in [0.1, 0.15) is 0 Å². The molecule has 7 heteroatoms. The van der Waals surface area contributed by atoms with Gasteiger partial charge in [-0.2, -0.15) is 0 Å². The van der Waals surface area contributed by atoms with E-state index in [1.54, 1.807) is 0 Å². The van der Waals surface area contributed by atoms with Gasteiger partial charge in [-0.15, -0.1) is 12.4 Å². The minimum absolute atomic E-state index is 0. The fourth-order valence-corrected chi connectivity index (χ4v) is 1.31. The van der Waals surface area contributed by atoms with Crippen molar-refractivity contribution in [3.05, 3.63) is 0 Å². The van der Waals surface area contributed by atoms with Gasteiger partial charge >= 0.3 is 0 Å². The predicted octanol–water partition coefficient (Wildman–Crippen LogP) is -2.18. The molecule has 1 saturated heterocycles. The molecule has 0 radical (unpaired) electrons. The summed E-state index contributed by atoms with van der Waals surface area (Å²) in [4.78, 5) is 0. The van der Waals surface area contributed by atoms with Crippen molar-refractivity contribution in [1.82, 2.24) is 0 Å². The predicted molar refractivity (Wildman–Crippen MR) is 50.0 cm³/mol. The second-order valence-corrected chi connectivity index (χ2v) is 2.99. The van der Waals surface area contributed by atoms with E-state index >= 15 is 0 Å². The van der Waals surface area contributed by atoms with Gasteiger partial charge < -0.3 is 30.5 Å². The molecule has 14 heavy (non-hydrogen) atoms. The molecule has 1 rings (SSSR count). The number of aliphatic hydroxyl groups excluding tert-OH is 3. The molecule has 0 unspecified atom stereocenters. The van der Waals surface area contributed by atoms with Crippen LogP contribution < -0.4 is 5.73 Å². The van der Waals surface area contributed by atoms with E-state index in [4.69, 9.17) is 15.2 Å². The lowest BCUT2D eigenvalue weighted by Crippen LogP contribution is -2.59. The molecule has 0 aliphatic carbocycles. The molecule has 0 aromatic heterocycles. The summed E-state index contributed by atoms with van der Waals surface area (Å²) >= 11 is 0. The molecule has 0 aromatic rings. The summed E-state index contributed by atoms with van der Waals surface area (Å²) < 4.78 is 9.83. The molecule has 0 aromatic carbocycles. The zero-order valence-electron chi connectivity index (χ0n) is 7.74. The van der Waals surface area contributed by atoms with Crippen LogP contribution in [0.25, 0.3) is 0 Å². The van der Waals surface area contributed by atoms with Gasteiger partial charge in [-0.05, 0) is 0 Å². The second-order valence-electron chi connectivity index (χ2n) is 2.99. The Bertz CT molecular complexity index is 152. The Morgan fingerprint density at radius 3 is 2.21 bits per heavy atom. The van der Waals surface area contributed by atoms with Crippen molar-refractivity contribution in [2.75, 3.05) is 13.7 Å². The molecule has 1 heterocycles. The van der Waals surface area contributed by atoms with Crippen molar-refractivity contribution in [3.63, 3.8) is 0 Å². The lowest BCUT2D eigenvalue weighted by Gasteiger charge is -2.39. The Hall–Kier alpha value is 0.0500. The molecule has 86 valence electrons. The van der Waals surface area contributed by atoms with Gasteiger partial charge in [0.15, 0.2) is 6.29 Å². The van der Waals surface area contributed by atoms with Crippen LogP contribution in [0.2, 0.25) is 0 Å². The number of hydrogen-bond donors (Lipinski definition) is 4. The van der Waals surface area contributed by atoms with Crippen LogP contribution in [-0.4, -0.2) is 59.7 Å². The van der Waals surface area contributed by atoms with Crippen LogP contribution in [0, 0.1) is 0 Å². The zero-order valence-corrected chi connectivity index (χ0v) is 8.55. The fraction of sp³-hybridized carbons (Fsp3) is 1.00. The first-order chi connectivity index (χ1) is 6.11. The molecule has 1 fully saturated rings. The highest BCUT2D eigenvalue weighted by Gasteiger charge is 2.43. The molecule has 0 bridgehead atoms. The molecule has 0 spiro atoms. The van der Waals surface area contributed by atoms with E-state index in [9.17, 15) is 15.3 Å². The maximum atomic E-state index is 9.35. The summed E-state index contributed by atoms with van der Waals surface area (Å²) in [5.41, 5.74) is 5.28. The van der Waals surface area contributed by atoms with Crippen molar-refractivity contribution in [1.29, 1.82) is 0 Å². The minimum atomic E-state index is -1.28. The topological polar surface area (TPSA) is 105 Å². The van der Waals surface area contributed by atoms with E-state index in [0.717, 1.165) is 0 Å². The largest absolute Gasteiger partial charge is 0.388 e. The first-order valence-electron chi connectivity index (χ1n) is 4.04. The highest BCUT2D eigenvalue weighted by atomic mass is 35.5. The molecule has 1 aliphatic rings. The Labute approximate surface area is 88.0 Å². The molecule has 0 amide bonds. The summed E-state index contributed by atoms with van der Waals surface area (Å²) in [6, 6.07) is 0. The summed E-state index contributed by atoms with van der Waals surface area (Å²) in [7, 11) is 1.34. The normalized spacial score (nSPS) is 43.1. The van der Waals surface area contributed by atoms with E-state index in [0.29, 0.717) is 0 Å². The van der Waals surface area contributed by atoms with Crippen LogP contribution >= 0.6 is 12.4 Å². The Kier molecular flexibility index (Phi) is 5.84. The van der Waals surface area contributed by atoms with Crippen LogP contribution in [0.15, 0.2) is 0 Å². The third kappa shape index (κ3) is 2.54. The maximum Gasteiger partial charge on any atom is 0.186 e. The van der Waals surface area contributed by atoms with Crippen molar-refractivity contribution in [3.8, 4) is 0 Å².